The zero-order valence-corrected chi connectivity index (χ0v) is 17.8. The number of rotatable bonds is 9. The van der Waals surface area contributed by atoms with Crippen molar-refractivity contribution in [3.63, 3.8) is 0 Å². The summed E-state index contributed by atoms with van der Waals surface area (Å²) in [6.45, 7) is 6.29. The molecule has 2 aromatic carbocycles. The lowest BCUT2D eigenvalue weighted by Crippen LogP contribution is -2.31. The predicted molar refractivity (Wildman–Crippen MR) is 117 cm³/mol. The van der Waals surface area contributed by atoms with Crippen LogP contribution in [0.2, 0.25) is 0 Å². The van der Waals surface area contributed by atoms with Crippen molar-refractivity contribution >= 4 is 5.91 Å². The first kappa shape index (κ1) is 20.9. The number of carbonyl (C=O) groups is 1. The van der Waals surface area contributed by atoms with Crippen LogP contribution in [0.3, 0.4) is 0 Å². The molecular formula is C24H27N3O4. The number of aromatic hydroxyl groups is 1. The van der Waals surface area contributed by atoms with Crippen LogP contribution in [0.15, 0.2) is 48.5 Å². The summed E-state index contributed by atoms with van der Waals surface area (Å²) in [5.41, 5.74) is 3.40. The van der Waals surface area contributed by atoms with Crippen molar-refractivity contribution in [1.82, 2.24) is 15.1 Å². The van der Waals surface area contributed by atoms with Gasteiger partial charge >= 0.3 is 0 Å². The first-order valence-electron chi connectivity index (χ1n) is 10.6. The lowest BCUT2D eigenvalue weighted by atomic mass is 9.95. The minimum absolute atomic E-state index is 0.0976. The molecule has 0 saturated heterocycles. The maximum absolute atomic E-state index is 13.3. The fourth-order valence-corrected chi connectivity index (χ4v) is 4.05. The highest BCUT2D eigenvalue weighted by Gasteiger charge is 2.42. The van der Waals surface area contributed by atoms with Crippen molar-refractivity contribution < 1.29 is 19.4 Å². The van der Waals surface area contributed by atoms with Crippen LogP contribution in [0.1, 0.15) is 47.9 Å². The molecular weight excluding hydrogens is 394 g/mol. The van der Waals surface area contributed by atoms with E-state index in [1.165, 1.54) is 0 Å². The van der Waals surface area contributed by atoms with Crippen LogP contribution in [0.25, 0.3) is 11.3 Å². The van der Waals surface area contributed by atoms with Crippen molar-refractivity contribution in [3.8, 4) is 22.8 Å². The highest BCUT2D eigenvalue weighted by Crippen LogP contribution is 2.44. The van der Waals surface area contributed by atoms with Crippen molar-refractivity contribution in [2.45, 2.75) is 26.3 Å². The van der Waals surface area contributed by atoms with Gasteiger partial charge < -0.3 is 19.5 Å². The van der Waals surface area contributed by atoms with Crippen LogP contribution in [0, 0.1) is 0 Å². The fourth-order valence-electron chi connectivity index (χ4n) is 4.05. The molecule has 0 fully saturated rings. The molecule has 2 N–H and O–H groups in total. The van der Waals surface area contributed by atoms with Crippen LogP contribution >= 0.6 is 0 Å². The van der Waals surface area contributed by atoms with E-state index in [2.05, 4.69) is 10.2 Å². The van der Waals surface area contributed by atoms with Crippen LogP contribution in [0.5, 0.6) is 11.5 Å². The molecule has 0 bridgehead atoms. The van der Waals surface area contributed by atoms with E-state index in [9.17, 15) is 9.90 Å². The quantitative estimate of drug-likeness (QED) is 0.507. The maximum Gasteiger partial charge on any atom is 0.273 e. The van der Waals surface area contributed by atoms with Gasteiger partial charge in [0.15, 0.2) is 0 Å². The number of fused-ring (bicyclic) bond motifs is 1. The monoisotopic (exact) mass is 421 g/mol. The molecule has 31 heavy (non-hydrogen) atoms. The largest absolute Gasteiger partial charge is 0.507 e. The van der Waals surface area contributed by atoms with Crippen molar-refractivity contribution in [2.75, 3.05) is 26.4 Å². The van der Waals surface area contributed by atoms with Gasteiger partial charge in [0.1, 0.15) is 22.9 Å². The van der Waals surface area contributed by atoms with E-state index >= 15 is 0 Å². The Labute approximate surface area is 181 Å². The van der Waals surface area contributed by atoms with Gasteiger partial charge in [-0.2, -0.15) is 5.10 Å². The number of carbonyl (C=O) groups excluding carboxylic acids is 1. The predicted octanol–water partition coefficient (Wildman–Crippen LogP) is 4.15. The Bertz CT molecular complexity index is 1050. The molecule has 1 aliphatic rings. The van der Waals surface area contributed by atoms with E-state index in [4.69, 9.17) is 9.47 Å². The number of hydrogen-bond acceptors (Lipinski definition) is 5. The Balaban J connectivity index is 1.76. The molecule has 3 aromatic rings. The van der Waals surface area contributed by atoms with Crippen LogP contribution in [0.4, 0.5) is 0 Å². The smallest absolute Gasteiger partial charge is 0.273 e. The molecule has 0 saturated carbocycles. The summed E-state index contributed by atoms with van der Waals surface area (Å²) in [7, 11) is 0. The van der Waals surface area contributed by atoms with Gasteiger partial charge in [0.2, 0.25) is 0 Å². The van der Waals surface area contributed by atoms with Crippen molar-refractivity contribution in [1.29, 1.82) is 0 Å². The SMILES string of the molecule is CCOCCCN1C(=O)c2[nH]nc(-c3ccccc3O)c2C1c1ccc(OCC)cc1. The molecule has 0 spiro atoms. The molecule has 1 aliphatic heterocycles. The number of hydrogen-bond donors (Lipinski definition) is 2. The van der Waals surface area contributed by atoms with Gasteiger partial charge in [0.25, 0.3) is 5.91 Å². The maximum atomic E-state index is 13.3. The average Bonchev–Trinajstić information content (AvgIpc) is 3.32. The zero-order valence-electron chi connectivity index (χ0n) is 17.8. The molecule has 1 amide bonds. The second-order valence-electron chi connectivity index (χ2n) is 7.33. The molecule has 2 heterocycles. The Kier molecular flexibility index (Phi) is 6.23. The van der Waals surface area contributed by atoms with E-state index in [0.717, 1.165) is 23.3 Å². The van der Waals surface area contributed by atoms with Gasteiger partial charge in [0, 0.05) is 30.9 Å². The summed E-state index contributed by atoms with van der Waals surface area (Å²) in [5, 5.41) is 17.7. The number of ether oxygens (including phenoxy) is 2. The number of amides is 1. The third-order valence-corrected chi connectivity index (χ3v) is 5.42. The van der Waals surface area contributed by atoms with Gasteiger partial charge in [-0.15, -0.1) is 0 Å². The van der Waals surface area contributed by atoms with Crippen LogP contribution in [-0.4, -0.2) is 52.5 Å². The van der Waals surface area contributed by atoms with Gasteiger partial charge in [-0.3, -0.25) is 9.89 Å². The fraction of sp³-hybridized carbons (Fsp3) is 0.333. The molecule has 1 unspecified atom stereocenters. The lowest BCUT2D eigenvalue weighted by Gasteiger charge is -2.26. The average molecular weight is 421 g/mol. The van der Waals surface area contributed by atoms with E-state index < -0.39 is 0 Å². The standard InChI is InChI=1S/C24H27N3O4/c1-3-30-15-7-14-27-23(16-10-12-17(13-11-16)31-4-2)20-21(25-26-22(20)24(27)29)18-8-5-6-9-19(18)28/h5-6,8-13,23,28H,3-4,7,14-15H2,1-2H3,(H,25,26). The summed E-state index contributed by atoms with van der Waals surface area (Å²) in [6.07, 6.45) is 0.733. The van der Waals surface area contributed by atoms with Crippen molar-refractivity contribution in [3.05, 3.63) is 65.4 Å². The number of H-pyrrole nitrogens is 1. The van der Waals surface area contributed by atoms with E-state index in [1.807, 2.05) is 55.1 Å². The van der Waals surface area contributed by atoms with Gasteiger partial charge in [-0.05, 0) is 50.1 Å². The minimum atomic E-state index is -0.312. The number of aromatic amines is 1. The number of benzene rings is 2. The number of phenolic OH excluding ortho intramolecular Hbond substituents is 1. The first-order valence-corrected chi connectivity index (χ1v) is 10.6. The third kappa shape index (κ3) is 4.01. The summed E-state index contributed by atoms with van der Waals surface area (Å²) in [4.78, 5) is 15.1. The van der Waals surface area contributed by atoms with Gasteiger partial charge in [-0.1, -0.05) is 24.3 Å². The molecule has 7 heteroatoms. The Morgan fingerprint density at radius 2 is 1.87 bits per heavy atom. The number of nitrogens with one attached hydrogen (secondary N) is 1. The molecule has 0 radical (unpaired) electrons. The van der Waals surface area contributed by atoms with Crippen molar-refractivity contribution in [2.24, 2.45) is 0 Å². The van der Waals surface area contributed by atoms with E-state index in [0.29, 0.717) is 43.3 Å². The van der Waals surface area contributed by atoms with Crippen LogP contribution < -0.4 is 4.74 Å². The number of phenols is 1. The first-order chi connectivity index (χ1) is 15.2. The molecule has 0 aliphatic carbocycles. The normalized spacial score (nSPS) is 15.4. The lowest BCUT2D eigenvalue weighted by molar-refractivity contribution is 0.0710. The van der Waals surface area contributed by atoms with Crippen LogP contribution in [-0.2, 0) is 4.74 Å². The number of nitrogens with zero attached hydrogens (tertiary/aromatic N) is 2. The summed E-state index contributed by atoms with van der Waals surface area (Å²) >= 11 is 0. The molecule has 7 nitrogen and oxygen atoms in total. The number of aromatic nitrogens is 2. The third-order valence-electron chi connectivity index (χ3n) is 5.42. The Hall–Kier alpha value is -3.32. The second-order valence-corrected chi connectivity index (χ2v) is 7.33. The molecule has 162 valence electrons. The summed E-state index contributed by atoms with van der Waals surface area (Å²) in [5.74, 6) is 0.816. The minimum Gasteiger partial charge on any atom is -0.507 e. The summed E-state index contributed by atoms with van der Waals surface area (Å²) < 4.78 is 11.0. The molecule has 1 aromatic heterocycles. The molecule has 1 atom stereocenters. The van der Waals surface area contributed by atoms with E-state index in [-0.39, 0.29) is 17.7 Å². The highest BCUT2D eigenvalue weighted by molar-refractivity contribution is 6.00. The highest BCUT2D eigenvalue weighted by atomic mass is 16.5. The Morgan fingerprint density at radius 3 is 2.58 bits per heavy atom. The summed E-state index contributed by atoms with van der Waals surface area (Å²) in [6, 6.07) is 14.5. The van der Waals surface area contributed by atoms with Gasteiger partial charge in [-0.25, -0.2) is 0 Å². The molecule has 4 rings (SSSR count). The second kappa shape index (κ2) is 9.22. The Morgan fingerprint density at radius 1 is 1.10 bits per heavy atom. The van der Waals surface area contributed by atoms with Gasteiger partial charge in [0.05, 0.1) is 12.6 Å². The topological polar surface area (TPSA) is 87.7 Å². The number of para-hydroxylation sites is 1. The zero-order chi connectivity index (χ0) is 21.8. The van der Waals surface area contributed by atoms with E-state index in [1.54, 1.807) is 12.1 Å².